The van der Waals surface area contributed by atoms with Gasteiger partial charge in [0.1, 0.15) is 45.9 Å². The Morgan fingerprint density at radius 1 is 0.150 bits per heavy atom. The second-order valence-electron chi connectivity index (χ2n) is 34.8. The zero-order chi connectivity index (χ0) is 92.2. The molecule has 12 aromatic carbocycles. The fraction of sp³-hybridized carbons (Fsp3) is 0. The zero-order valence-corrected chi connectivity index (χ0v) is 74.8. The molecule has 0 spiro atoms. The third-order valence-electron chi connectivity index (χ3n) is 26.8. The highest BCUT2D eigenvalue weighted by Gasteiger charge is 2.24. The van der Waals surface area contributed by atoms with Crippen LogP contribution in [-0.2, 0) is 0 Å². The molecule has 0 saturated heterocycles. The first-order valence-corrected chi connectivity index (χ1v) is 46.4. The summed E-state index contributed by atoms with van der Waals surface area (Å²) in [5.74, 6) is 3.32. The molecule has 18 heteroatoms. The van der Waals surface area contributed by atoms with Crippen molar-refractivity contribution in [2.24, 2.45) is 0 Å². The summed E-state index contributed by atoms with van der Waals surface area (Å²) in [6.45, 7) is 0. The minimum atomic E-state index is 0.820. The lowest BCUT2D eigenvalue weighted by atomic mass is 9.97. The van der Waals surface area contributed by atoms with E-state index in [2.05, 4.69) is 359 Å². The number of nitrogens with zero attached hydrogens (tertiary/aromatic N) is 18. The number of rotatable bonds is 8. The van der Waals surface area contributed by atoms with E-state index in [0.717, 1.165) is 226 Å². The molecule has 30 aromatic rings. The molecule has 0 amide bonds. The van der Waals surface area contributed by atoms with E-state index in [0.29, 0.717) is 0 Å². The van der Waals surface area contributed by atoms with E-state index < -0.39 is 0 Å². The Bertz CT molecular complexity index is 9690. The molecule has 0 bridgehead atoms. The van der Waals surface area contributed by atoms with Gasteiger partial charge in [-0.3, -0.25) is 48.2 Å². The first kappa shape index (κ1) is 80.2. The average Bonchev–Trinajstić information content (AvgIpc) is 1.59. The average molecular weight is 1790 g/mol. The van der Waals surface area contributed by atoms with Crippen molar-refractivity contribution in [1.82, 2.24) is 88.0 Å². The molecular formula is C122H74N18. The standard InChI is InChI=1S/C33H20N4.C32H19N5.C29H18N4.C28H17N5/c1-2-9-25-21(6-1)7-3-10-26(25)24-14-16-29-28(20-24)27-11-5-19-35-33(27)37(29)30-17-15-23-13-12-22-8-4-18-34-31(22)32(23)36-30;1-2-7-24-20(5-1)15-18-34-29(24)23-11-13-27-26(19-23)25-8-4-17-35-32(25)37(27)28-14-12-22-10-9-21-6-3-16-33-30(21)31(22)36-28;1-2-6-19(7-3-1)22-12-14-25-24(18-22)23-9-5-17-31-29(23)33(25)26-15-13-21-11-10-20-8-4-16-30-27(20)28(21)32-26;1-2-14-29-23(7-1)20-10-12-24-22(17-20)21-6-4-16-31-28(21)33(24)25-13-11-19-9-8-18-5-3-15-30-26(18)27(19)32-25/h1-20H;1-19H;1-18H;1-17H. The molecule has 18 nitrogen and oxygen atoms in total. The van der Waals surface area contributed by atoms with Crippen LogP contribution in [0.5, 0.6) is 0 Å². The number of fused-ring (bicyclic) bond motifs is 26. The van der Waals surface area contributed by atoms with Crippen molar-refractivity contribution in [1.29, 1.82) is 0 Å². The first-order valence-electron chi connectivity index (χ1n) is 46.4. The monoisotopic (exact) mass is 1790 g/mol. The summed E-state index contributed by atoms with van der Waals surface area (Å²) >= 11 is 0. The maximum absolute atomic E-state index is 5.13. The molecule has 0 aliphatic heterocycles. The number of benzene rings is 12. The lowest BCUT2D eigenvalue weighted by molar-refractivity contribution is 1.07. The molecule has 18 heterocycles. The minimum Gasteiger partial charge on any atom is -0.278 e. The largest absolute Gasteiger partial charge is 0.278 e. The summed E-state index contributed by atoms with van der Waals surface area (Å²) < 4.78 is 8.60. The first-order chi connectivity index (χ1) is 69.4. The van der Waals surface area contributed by atoms with Crippen LogP contribution in [0.1, 0.15) is 0 Å². The molecule has 0 saturated carbocycles. The highest BCUT2D eigenvalue weighted by atomic mass is 15.1. The second-order valence-corrected chi connectivity index (χ2v) is 34.8. The van der Waals surface area contributed by atoms with Gasteiger partial charge in [0.2, 0.25) is 0 Å². The van der Waals surface area contributed by atoms with Gasteiger partial charge in [-0.05, 0) is 226 Å². The summed E-state index contributed by atoms with van der Waals surface area (Å²) in [6, 6.07) is 134. The van der Waals surface area contributed by atoms with Gasteiger partial charge in [-0.1, -0.05) is 200 Å². The fourth-order valence-electron chi connectivity index (χ4n) is 20.3. The molecule has 652 valence electrons. The van der Waals surface area contributed by atoms with Crippen molar-refractivity contribution in [2.75, 3.05) is 0 Å². The van der Waals surface area contributed by atoms with Crippen LogP contribution in [0.2, 0.25) is 0 Å². The van der Waals surface area contributed by atoms with Gasteiger partial charge >= 0.3 is 0 Å². The van der Waals surface area contributed by atoms with Crippen molar-refractivity contribution in [3.8, 4) is 68.0 Å². The van der Waals surface area contributed by atoms with Crippen LogP contribution in [0.15, 0.2) is 450 Å². The van der Waals surface area contributed by atoms with Crippen molar-refractivity contribution in [3.63, 3.8) is 0 Å². The third-order valence-corrected chi connectivity index (χ3v) is 26.8. The van der Waals surface area contributed by atoms with Crippen LogP contribution in [0, 0.1) is 0 Å². The van der Waals surface area contributed by atoms with Crippen LogP contribution in [0.4, 0.5) is 0 Å². The Morgan fingerprint density at radius 2 is 0.457 bits per heavy atom. The predicted molar refractivity (Wildman–Crippen MR) is 569 cm³/mol. The molecule has 0 N–H and O–H groups in total. The van der Waals surface area contributed by atoms with Crippen LogP contribution in [0.3, 0.4) is 0 Å². The summed E-state index contributed by atoms with van der Waals surface area (Å²) in [7, 11) is 0. The third kappa shape index (κ3) is 13.6. The Kier molecular flexibility index (Phi) is 19.1. The van der Waals surface area contributed by atoms with E-state index in [1.807, 2.05) is 135 Å². The summed E-state index contributed by atoms with van der Waals surface area (Å²) in [6.07, 6.45) is 18.3. The van der Waals surface area contributed by atoms with Gasteiger partial charge in [-0.15, -0.1) is 0 Å². The Labute approximate surface area is 797 Å². The predicted octanol–water partition coefficient (Wildman–Crippen LogP) is 28.9. The maximum atomic E-state index is 5.13. The molecular weight excluding hydrogens is 1720 g/mol. The smallest absolute Gasteiger partial charge is 0.146 e. The summed E-state index contributed by atoms with van der Waals surface area (Å²) in [4.78, 5) is 67.2. The maximum Gasteiger partial charge on any atom is 0.146 e. The minimum absolute atomic E-state index is 0.820. The number of hydrogen-bond acceptors (Lipinski definition) is 14. The quantitative estimate of drug-likeness (QED) is 0.130. The van der Waals surface area contributed by atoms with Gasteiger partial charge in [-0.2, -0.15) is 0 Å². The molecule has 18 aromatic heterocycles. The molecule has 0 radical (unpaired) electrons. The van der Waals surface area contributed by atoms with E-state index in [-0.39, 0.29) is 0 Å². The van der Waals surface area contributed by atoms with E-state index in [4.69, 9.17) is 44.9 Å². The molecule has 30 rings (SSSR count). The Morgan fingerprint density at radius 3 is 0.886 bits per heavy atom. The number of aromatic nitrogens is 18. The topological polar surface area (TPSA) is 200 Å². The van der Waals surface area contributed by atoms with Gasteiger partial charge < -0.3 is 0 Å². The van der Waals surface area contributed by atoms with Crippen molar-refractivity contribution in [2.45, 2.75) is 0 Å². The van der Waals surface area contributed by atoms with Gasteiger partial charge in [0.15, 0.2) is 0 Å². The number of pyridine rings is 14. The van der Waals surface area contributed by atoms with Gasteiger partial charge in [-0.25, -0.2) is 39.9 Å². The fourth-order valence-corrected chi connectivity index (χ4v) is 20.3. The highest BCUT2D eigenvalue weighted by molar-refractivity contribution is 6.16. The van der Waals surface area contributed by atoms with Crippen LogP contribution in [0.25, 0.3) is 265 Å². The number of hydrogen-bond donors (Lipinski definition) is 0. The summed E-state index contributed by atoms with van der Waals surface area (Å²) in [5.41, 5.74) is 23.9. The van der Waals surface area contributed by atoms with Gasteiger partial charge in [0.25, 0.3) is 0 Å². The van der Waals surface area contributed by atoms with E-state index in [1.165, 1.54) is 38.4 Å². The van der Waals surface area contributed by atoms with Crippen LogP contribution < -0.4 is 0 Å². The lowest BCUT2D eigenvalue weighted by Gasteiger charge is -2.10. The van der Waals surface area contributed by atoms with Crippen molar-refractivity contribution >= 4 is 197 Å². The molecule has 140 heavy (non-hydrogen) atoms. The normalized spacial score (nSPS) is 11.7. The van der Waals surface area contributed by atoms with Crippen molar-refractivity contribution < 1.29 is 0 Å². The Balaban J connectivity index is 0.0000000939. The van der Waals surface area contributed by atoms with E-state index >= 15 is 0 Å². The zero-order valence-electron chi connectivity index (χ0n) is 74.8. The van der Waals surface area contributed by atoms with E-state index in [1.54, 1.807) is 0 Å². The molecule has 0 aliphatic rings. The Hall–Kier alpha value is -19.5. The lowest BCUT2D eigenvalue weighted by Crippen LogP contribution is -1.99. The SMILES string of the molecule is c1ccc(-c2ccc3c(c2)c2cccnc2n3-c2ccc3ccc4cccnc4c3n2)cc1.c1ccc(-c2ccc3c(c2)c2cccnc2n3-c2ccc3ccc4cccnc4c3n2)nc1.c1ccc2c(-c3ccc4c(c3)c3cccnc3n4-c3ccc4ccc5cccnc5c4n3)cccc2c1.c1ccc2c(-c3ccc4c(c3)c3cccnc3n4-c3ccc4ccc5cccnc5c4n3)nccc2c1. The van der Waals surface area contributed by atoms with E-state index in [9.17, 15) is 0 Å². The van der Waals surface area contributed by atoms with Crippen molar-refractivity contribution in [3.05, 3.63) is 450 Å². The molecule has 0 unspecified atom stereocenters. The molecule has 0 aliphatic carbocycles. The van der Waals surface area contributed by atoms with Gasteiger partial charge in [0, 0.05) is 165 Å². The second kappa shape index (κ2) is 33.3. The molecule has 0 fully saturated rings. The van der Waals surface area contributed by atoms with Crippen LogP contribution in [-0.4, -0.2) is 88.0 Å². The highest BCUT2D eigenvalue weighted by Crippen LogP contribution is 2.43. The van der Waals surface area contributed by atoms with Crippen LogP contribution >= 0.6 is 0 Å². The van der Waals surface area contributed by atoms with Gasteiger partial charge in [0.05, 0.1) is 77.6 Å². The molecule has 0 atom stereocenters. The summed E-state index contributed by atoms with van der Waals surface area (Å²) in [5, 5.41) is 22.4.